The number of aromatic hydroxyl groups is 1. The molecule has 2 rings (SSSR count). The van der Waals surface area contributed by atoms with Gasteiger partial charge >= 0.3 is 0 Å². The molecule has 0 aromatic heterocycles. The van der Waals surface area contributed by atoms with Crippen LogP contribution in [0.1, 0.15) is 25.0 Å². The molecule has 9 nitrogen and oxygen atoms in total. The number of phenols is 1. The van der Waals surface area contributed by atoms with E-state index in [1.54, 1.807) is 30.5 Å². The lowest BCUT2D eigenvalue weighted by molar-refractivity contribution is -0.127. The minimum atomic E-state index is -0.729. The first kappa shape index (κ1) is 22.5. The molecular weight excluding hydrogens is 386 g/mol. The molecule has 1 atom stereocenters. The number of azo groups is 1. The molecule has 0 aliphatic heterocycles. The number of carbonyl (C=O) groups excluding carboxylic acids is 2. The predicted molar refractivity (Wildman–Crippen MR) is 113 cm³/mol. The van der Waals surface area contributed by atoms with Crippen molar-refractivity contribution in [1.82, 2.24) is 10.6 Å². The second-order valence-corrected chi connectivity index (χ2v) is 6.34. The number of carbonyl (C=O) groups is 2. The van der Waals surface area contributed by atoms with E-state index in [1.807, 2.05) is 19.1 Å². The Kier molecular flexibility index (Phi) is 8.49. The molecule has 30 heavy (non-hydrogen) atoms. The summed E-state index contributed by atoms with van der Waals surface area (Å²) in [6, 6.07) is 11.2. The van der Waals surface area contributed by atoms with Crippen molar-refractivity contribution in [2.45, 2.75) is 26.3 Å². The van der Waals surface area contributed by atoms with E-state index in [-0.39, 0.29) is 29.7 Å². The molecule has 9 heteroatoms. The van der Waals surface area contributed by atoms with Gasteiger partial charge in [0.2, 0.25) is 11.8 Å². The van der Waals surface area contributed by atoms with E-state index in [4.69, 9.17) is 4.84 Å². The van der Waals surface area contributed by atoms with Crippen LogP contribution in [0.4, 0.5) is 11.4 Å². The molecule has 2 aromatic carbocycles. The van der Waals surface area contributed by atoms with E-state index in [2.05, 4.69) is 26.0 Å². The van der Waals surface area contributed by atoms with Gasteiger partial charge in [0.15, 0.2) is 0 Å². The van der Waals surface area contributed by atoms with Crippen molar-refractivity contribution in [3.05, 3.63) is 53.6 Å². The monoisotopic (exact) mass is 411 g/mol. The summed E-state index contributed by atoms with van der Waals surface area (Å²) in [5.41, 5.74) is 2.42. The summed E-state index contributed by atoms with van der Waals surface area (Å²) >= 11 is 0. The van der Waals surface area contributed by atoms with Crippen LogP contribution in [-0.2, 0) is 20.8 Å². The highest BCUT2D eigenvalue weighted by atomic mass is 16.6. The molecule has 3 N–H and O–H groups in total. The molecule has 2 aromatic rings. The van der Waals surface area contributed by atoms with Crippen LogP contribution < -0.4 is 10.6 Å². The summed E-state index contributed by atoms with van der Waals surface area (Å²) in [7, 11) is 1.50. The standard InChI is InChI=1S/C21H25N5O4/c1-4-30-23-13-15-5-8-17(9-6-15)25-26-18-11-16(7-10-20(18)28)12-19(21(29)22-3)24-14(2)27/h5-11,13,19,28H,4,12H2,1-3H3,(H,22,29)(H,24,27)/b23-13-,26-25+/t19-/m0/s1. The van der Waals surface area contributed by atoms with Crippen molar-refractivity contribution >= 4 is 29.4 Å². The van der Waals surface area contributed by atoms with Crippen LogP contribution >= 0.6 is 0 Å². The summed E-state index contributed by atoms with van der Waals surface area (Å²) in [5.74, 6) is -0.662. The van der Waals surface area contributed by atoms with Gasteiger partial charge in [-0.3, -0.25) is 9.59 Å². The molecule has 2 amide bonds. The first-order valence-corrected chi connectivity index (χ1v) is 9.40. The number of nitrogens with zero attached hydrogens (tertiary/aromatic N) is 3. The number of likely N-dealkylation sites (N-methyl/N-ethyl adjacent to an activating group) is 1. The number of phenolic OH excluding ortho intramolecular Hbond substituents is 1. The van der Waals surface area contributed by atoms with E-state index in [9.17, 15) is 14.7 Å². The number of nitrogens with one attached hydrogen (secondary N) is 2. The molecule has 158 valence electrons. The van der Waals surface area contributed by atoms with Crippen molar-refractivity contribution in [2.24, 2.45) is 15.4 Å². The maximum atomic E-state index is 12.0. The predicted octanol–water partition coefficient (Wildman–Crippen LogP) is 2.97. The molecule has 0 saturated carbocycles. The third kappa shape index (κ3) is 7.01. The van der Waals surface area contributed by atoms with Gasteiger partial charge in [0.25, 0.3) is 0 Å². The Morgan fingerprint density at radius 3 is 2.53 bits per heavy atom. The van der Waals surface area contributed by atoms with Gasteiger partial charge in [0.05, 0.1) is 11.9 Å². The molecule has 0 unspecified atom stereocenters. The minimum Gasteiger partial charge on any atom is -0.506 e. The van der Waals surface area contributed by atoms with Crippen molar-refractivity contribution < 1.29 is 19.5 Å². The quantitative estimate of drug-likeness (QED) is 0.333. The Hall–Kier alpha value is -3.75. The van der Waals surface area contributed by atoms with Gasteiger partial charge in [0.1, 0.15) is 24.1 Å². The number of hydrogen-bond donors (Lipinski definition) is 3. The fourth-order valence-corrected chi connectivity index (χ4v) is 2.55. The second kappa shape index (κ2) is 11.3. The highest BCUT2D eigenvalue weighted by Crippen LogP contribution is 2.29. The summed E-state index contributed by atoms with van der Waals surface area (Å²) in [4.78, 5) is 28.3. The zero-order valence-corrected chi connectivity index (χ0v) is 17.1. The van der Waals surface area contributed by atoms with E-state index < -0.39 is 6.04 Å². The average Bonchev–Trinajstić information content (AvgIpc) is 2.73. The van der Waals surface area contributed by atoms with Gasteiger partial charge in [-0.1, -0.05) is 23.4 Å². The van der Waals surface area contributed by atoms with Gasteiger partial charge in [-0.25, -0.2) is 0 Å². The second-order valence-electron chi connectivity index (χ2n) is 6.34. The zero-order valence-electron chi connectivity index (χ0n) is 17.1. The summed E-state index contributed by atoms with van der Waals surface area (Å²) in [6.45, 7) is 3.70. The number of hydrogen-bond acceptors (Lipinski definition) is 7. The Morgan fingerprint density at radius 2 is 1.90 bits per heavy atom. The fraction of sp³-hybridized carbons (Fsp3) is 0.286. The molecule has 0 fully saturated rings. The fourth-order valence-electron chi connectivity index (χ4n) is 2.55. The Labute approximate surface area is 174 Å². The average molecular weight is 411 g/mol. The molecule has 0 bridgehead atoms. The molecule has 0 aliphatic carbocycles. The topological polar surface area (TPSA) is 125 Å². The Morgan fingerprint density at radius 1 is 1.17 bits per heavy atom. The first-order chi connectivity index (χ1) is 14.4. The van der Waals surface area contributed by atoms with E-state index in [1.165, 1.54) is 20.0 Å². The van der Waals surface area contributed by atoms with Crippen LogP contribution in [0.15, 0.2) is 57.8 Å². The number of oxime groups is 1. The zero-order chi connectivity index (χ0) is 21.9. The molecule has 0 saturated heterocycles. The van der Waals surface area contributed by atoms with Crippen LogP contribution in [0.5, 0.6) is 5.75 Å². The third-order valence-electron chi connectivity index (χ3n) is 3.99. The smallest absolute Gasteiger partial charge is 0.242 e. The molecule has 0 radical (unpaired) electrons. The van der Waals surface area contributed by atoms with Crippen molar-refractivity contribution in [1.29, 1.82) is 0 Å². The van der Waals surface area contributed by atoms with Crippen LogP contribution in [0.3, 0.4) is 0 Å². The summed E-state index contributed by atoms with van der Waals surface area (Å²) < 4.78 is 0. The highest BCUT2D eigenvalue weighted by Gasteiger charge is 2.19. The van der Waals surface area contributed by atoms with Crippen molar-refractivity contribution in [2.75, 3.05) is 13.7 Å². The van der Waals surface area contributed by atoms with Gasteiger partial charge in [-0.2, -0.15) is 5.11 Å². The summed E-state index contributed by atoms with van der Waals surface area (Å²) in [6.07, 6.45) is 1.84. The van der Waals surface area contributed by atoms with E-state index in [0.717, 1.165) is 5.56 Å². The third-order valence-corrected chi connectivity index (χ3v) is 3.99. The van der Waals surface area contributed by atoms with Gasteiger partial charge in [-0.05, 0) is 42.3 Å². The highest BCUT2D eigenvalue weighted by molar-refractivity contribution is 5.87. The van der Waals surface area contributed by atoms with Crippen LogP contribution in [0, 0.1) is 0 Å². The van der Waals surface area contributed by atoms with E-state index in [0.29, 0.717) is 17.9 Å². The summed E-state index contributed by atoms with van der Waals surface area (Å²) in [5, 5.41) is 27.2. The molecule has 0 spiro atoms. The lowest BCUT2D eigenvalue weighted by atomic mass is 10.0. The van der Waals surface area contributed by atoms with Crippen LogP contribution in [0.25, 0.3) is 0 Å². The maximum Gasteiger partial charge on any atom is 0.242 e. The minimum absolute atomic E-state index is 0.0426. The van der Waals surface area contributed by atoms with E-state index >= 15 is 0 Å². The maximum absolute atomic E-state index is 12.0. The van der Waals surface area contributed by atoms with Crippen molar-refractivity contribution in [3.8, 4) is 5.75 Å². The van der Waals surface area contributed by atoms with Crippen LogP contribution in [-0.4, -0.2) is 42.8 Å². The first-order valence-electron chi connectivity index (χ1n) is 9.40. The number of rotatable bonds is 9. The SMILES string of the molecule is CCO/N=C\c1ccc(/N=N/c2cc(C[C@H](NC(C)=O)C(=O)NC)ccc2O)cc1. The molecule has 0 aliphatic rings. The lowest BCUT2D eigenvalue weighted by Crippen LogP contribution is -2.46. The van der Waals surface area contributed by atoms with Gasteiger partial charge in [-0.15, -0.1) is 5.11 Å². The normalized spacial score (nSPS) is 12.1. The Balaban J connectivity index is 2.14. The van der Waals surface area contributed by atoms with Crippen LogP contribution in [0.2, 0.25) is 0 Å². The molecular formula is C21H25N5O4. The lowest BCUT2D eigenvalue weighted by Gasteiger charge is -2.16. The number of amides is 2. The van der Waals surface area contributed by atoms with Crippen molar-refractivity contribution in [3.63, 3.8) is 0 Å². The largest absolute Gasteiger partial charge is 0.506 e. The Bertz CT molecular complexity index is 925. The van der Waals surface area contributed by atoms with Gasteiger partial charge < -0.3 is 20.6 Å². The van der Waals surface area contributed by atoms with Gasteiger partial charge in [0, 0.05) is 20.4 Å². The molecule has 0 heterocycles. The number of benzene rings is 2.